The number of aliphatic carboxylic acids is 1. The molecule has 1 N–H and O–H groups in total. The molecule has 0 fully saturated rings. The van der Waals surface area contributed by atoms with Gasteiger partial charge in [0.25, 0.3) is 5.91 Å². The minimum absolute atomic E-state index is 0.0780. The van der Waals surface area contributed by atoms with Gasteiger partial charge in [-0.25, -0.2) is 13.2 Å². The van der Waals surface area contributed by atoms with Crippen molar-refractivity contribution in [2.75, 3.05) is 20.8 Å². The van der Waals surface area contributed by atoms with Crippen molar-refractivity contribution in [3.63, 3.8) is 0 Å². The summed E-state index contributed by atoms with van der Waals surface area (Å²) in [6, 6.07) is 5.14. The molecule has 0 aliphatic heterocycles. The topological polar surface area (TPSA) is 76.1 Å². The number of benzene rings is 2. The molecule has 0 aliphatic carbocycles. The van der Waals surface area contributed by atoms with Gasteiger partial charge in [0.2, 0.25) is 0 Å². The Morgan fingerprint density at radius 1 is 0.964 bits per heavy atom. The Hall–Kier alpha value is -3.23. The predicted octanol–water partition coefficient (Wildman–Crippen LogP) is 3.24. The van der Waals surface area contributed by atoms with Crippen LogP contribution in [0.2, 0.25) is 0 Å². The summed E-state index contributed by atoms with van der Waals surface area (Å²) in [5.74, 6) is -4.88. The Kier molecular flexibility index (Phi) is 6.86. The molecular formula is C19H18F3NO5. The SMILES string of the molecule is COc1cc(F)c(C(=O)N(CCC(=O)O)Cc2ccc(F)c(F)c2)cc1OC. The lowest BCUT2D eigenvalue weighted by atomic mass is 10.1. The van der Waals surface area contributed by atoms with Crippen molar-refractivity contribution in [2.45, 2.75) is 13.0 Å². The van der Waals surface area contributed by atoms with Crippen molar-refractivity contribution in [3.05, 3.63) is 58.9 Å². The first-order chi connectivity index (χ1) is 13.3. The molecule has 0 heterocycles. The van der Waals surface area contributed by atoms with Gasteiger partial charge in [0, 0.05) is 19.2 Å². The van der Waals surface area contributed by atoms with Crippen LogP contribution in [0.3, 0.4) is 0 Å². The van der Waals surface area contributed by atoms with Crippen molar-refractivity contribution in [1.82, 2.24) is 4.90 Å². The molecule has 2 aromatic carbocycles. The van der Waals surface area contributed by atoms with E-state index >= 15 is 0 Å². The number of ether oxygens (including phenoxy) is 2. The highest BCUT2D eigenvalue weighted by Crippen LogP contribution is 2.30. The summed E-state index contributed by atoms with van der Waals surface area (Å²) in [7, 11) is 2.62. The summed E-state index contributed by atoms with van der Waals surface area (Å²) in [6.07, 6.45) is -0.412. The van der Waals surface area contributed by atoms with Crippen LogP contribution in [0.25, 0.3) is 0 Å². The van der Waals surface area contributed by atoms with Crippen LogP contribution in [0.15, 0.2) is 30.3 Å². The van der Waals surface area contributed by atoms with Crippen LogP contribution < -0.4 is 9.47 Å². The lowest BCUT2D eigenvalue weighted by Gasteiger charge is -2.23. The molecule has 6 nitrogen and oxygen atoms in total. The molecule has 0 saturated heterocycles. The van der Waals surface area contributed by atoms with E-state index in [1.165, 1.54) is 20.3 Å². The van der Waals surface area contributed by atoms with Gasteiger partial charge in [0.15, 0.2) is 23.1 Å². The van der Waals surface area contributed by atoms with Gasteiger partial charge in [-0.3, -0.25) is 9.59 Å². The molecule has 1 amide bonds. The number of carbonyl (C=O) groups excluding carboxylic acids is 1. The Labute approximate surface area is 159 Å². The molecule has 150 valence electrons. The largest absolute Gasteiger partial charge is 0.493 e. The van der Waals surface area contributed by atoms with Crippen LogP contribution in [-0.2, 0) is 11.3 Å². The molecule has 28 heavy (non-hydrogen) atoms. The summed E-state index contributed by atoms with van der Waals surface area (Å²) >= 11 is 0. The fourth-order valence-corrected chi connectivity index (χ4v) is 2.53. The smallest absolute Gasteiger partial charge is 0.305 e. The van der Waals surface area contributed by atoms with Crippen LogP contribution >= 0.6 is 0 Å². The molecule has 0 aromatic heterocycles. The normalized spacial score (nSPS) is 10.5. The van der Waals surface area contributed by atoms with E-state index in [1.54, 1.807) is 0 Å². The van der Waals surface area contributed by atoms with Gasteiger partial charge in [-0.15, -0.1) is 0 Å². The second-order valence-corrected chi connectivity index (χ2v) is 5.81. The summed E-state index contributed by atoms with van der Waals surface area (Å²) in [5, 5.41) is 8.91. The van der Waals surface area contributed by atoms with Gasteiger partial charge >= 0.3 is 5.97 Å². The maximum absolute atomic E-state index is 14.4. The van der Waals surface area contributed by atoms with Gasteiger partial charge < -0.3 is 19.5 Å². The highest BCUT2D eigenvalue weighted by Gasteiger charge is 2.23. The fourth-order valence-electron chi connectivity index (χ4n) is 2.53. The zero-order valence-corrected chi connectivity index (χ0v) is 15.2. The van der Waals surface area contributed by atoms with E-state index in [0.29, 0.717) is 0 Å². The number of carboxylic acids is 1. The number of methoxy groups -OCH3 is 2. The first-order valence-corrected chi connectivity index (χ1v) is 8.13. The molecule has 0 radical (unpaired) electrons. The number of hydrogen-bond donors (Lipinski definition) is 1. The van der Waals surface area contributed by atoms with Crippen LogP contribution in [-0.4, -0.2) is 42.6 Å². The number of rotatable bonds is 8. The van der Waals surface area contributed by atoms with E-state index in [1.807, 2.05) is 0 Å². The fraction of sp³-hybridized carbons (Fsp3) is 0.263. The third-order valence-corrected chi connectivity index (χ3v) is 3.94. The van der Waals surface area contributed by atoms with Crippen molar-refractivity contribution in [3.8, 4) is 11.5 Å². The number of hydrogen-bond acceptors (Lipinski definition) is 4. The maximum Gasteiger partial charge on any atom is 0.305 e. The quantitative estimate of drug-likeness (QED) is 0.740. The summed E-state index contributed by atoms with van der Waals surface area (Å²) in [5.41, 5.74) is -0.149. The minimum atomic E-state index is -1.17. The standard InChI is InChI=1S/C19H18F3NO5/c1-27-16-8-12(14(21)9-17(16)28-2)19(26)23(6-5-18(24)25)10-11-3-4-13(20)15(22)7-11/h3-4,7-9H,5-6,10H2,1-2H3,(H,24,25). The average Bonchev–Trinajstić information content (AvgIpc) is 2.66. The van der Waals surface area contributed by atoms with E-state index in [2.05, 4.69) is 0 Å². The predicted molar refractivity (Wildman–Crippen MR) is 92.9 cm³/mol. The molecule has 9 heteroatoms. The molecule has 0 aliphatic rings. The number of halogens is 3. The highest BCUT2D eigenvalue weighted by molar-refractivity contribution is 5.95. The van der Waals surface area contributed by atoms with Gasteiger partial charge in [0.05, 0.1) is 26.2 Å². The third-order valence-electron chi connectivity index (χ3n) is 3.94. The molecule has 0 atom stereocenters. The van der Waals surface area contributed by atoms with Crippen molar-refractivity contribution >= 4 is 11.9 Å². The van der Waals surface area contributed by atoms with Crippen LogP contribution in [0.5, 0.6) is 11.5 Å². The second kappa shape index (κ2) is 9.12. The van der Waals surface area contributed by atoms with Crippen LogP contribution in [0.1, 0.15) is 22.3 Å². The first-order valence-electron chi connectivity index (χ1n) is 8.13. The average molecular weight is 397 g/mol. The zero-order valence-electron chi connectivity index (χ0n) is 15.2. The molecule has 2 rings (SSSR count). The Morgan fingerprint density at radius 3 is 2.18 bits per heavy atom. The number of amides is 1. The molecule has 0 bridgehead atoms. The number of carbonyl (C=O) groups is 2. The molecule has 0 spiro atoms. The first kappa shape index (κ1) is 21.1. The summed E-state index contributed by atoms with van der Waals surface area (Å²) in [6.45, 7) is -0.502. The minimum Gasteiger partial charge on any atom is -0.493 e. The van der Waals surface area contributed by atoms with E-state index in [0.717, 1.165) is 29.2 Å². The third kappa shape index (κ3) is 4.93. The van der Waals surface area contributed by atoms with Gasteiger partial charge in [-0.1, -0.05) is 6.07 Å². The molecular weight excluding hydrogens is 379 g/mol. The Morgan fingerprint density at radius 2 is 1.61 bits per heavy atom. The number of carboxylic acid groups (broad SMARTS) is 1. The maximum atomic E-state index is 14.4. The summed E-state index contributed by atoms with van der Waals surface area (Å²) < 4.78 is 51.0. The molecule has 2 aromatic rings. The van der Waals surface area contributed by atoms with Gasteiger partial charge in [-0.05, 0) is 23.8 Å². The van der Waals surface area contributed by atoms with Crippen molar-refractivity contribution in [1.29, 1.82) is 0 Å². The summed E-state index contributed by atoms with van der Waals surface area (Å²) in [4.78, 5) is 24.8. The lowest BCUT2D eigenvalue weighted by Crippen LogP contribution is -2.33. The molecule has 0 unspecified atom stereocenters. The van der Waals surface area contributed by atoms with Crippen LogP contribution in [0.4, 0.5) is 13.2 Å². The van der Waals surface area contributed by atoms with Gasteiger partial charge in [0.1, 0.15) is 5.82 Å². The van der Waals surface area contributed by atoms with Crippen molar-refractivity contribution < 1.29 is 37.3 Å². The van der Waals surface area contributed by atoms with E-state index in [-0.39, 0.29) is 35.7 Å². The number of nitrogens with zero attached hydrogens (tertiary/aromatic N) is 1. The molecule has 0 saturated carbocycles. The van der Waals surface area contributed by atoms with E-state index in [4.69, 9.17) is 14.6 Å². The zero-order chi connectivity index (χ0) is 20.8. The monoisotopic (exact) mass is 397 g/mol. The van der Waals surface area contributed by atoms with Gasteiger partial charge in [-0.2, -0.15) is 0 Å². The second-order valence-electron chi connectivity index (χ2n) is 5.81. The highest BCUT2D eigenvalue weighted by atomic mass is 19.2. The van der Waals surface area contributed by atoms with Crippen LogP contribution in [0, 0.1) is 17.5 Å². The Balaban J connectivity index is 2.38. The van der Waals surface area contributed by atoms with E-state index < -0.39 is 35.7 Å². The lowest BCUT2D eigenvalue weighted by molar-refractivity contribution is -0.137. The van der Waals surface area contributed by atoms with Crippen molar-refractivity contribution in [2.24, 2.45) is 0 Å². The Bertz CT molecular complexity index is 888. The van der Waals surface area contributed by atoms with E-state index in [9.17, 15) is 22.8 Å².